The molecule has 1 unspecified atom stereocenters. The molecule has 1 atom stereocenters. The third kappa shape index (κ3) is 3.06. The number of hydrogen-bond donors (Lipinski definition) is 1. The Morgan fingerprint density at radius 3 is 2.74 bits per heavy atom. The van der Waals surface area contributed by atoms with E-state index in [1.807, 2.05) is 26.0 Å². The van der Waals surface area contributed by atoms with Crippen LogP contribution in [0.4, 0.5) is 0 Å². The van der Waals surface area contributed by atoms with Crippen LogP contribution in [0, 0.1) is 0 Å². The van der Waals surface area contributed by atoms with Crippen molar-refractivity contribution in [3.63, 3.8) is 0 Å². The first-order valence-corrected chi connectivity index (χ1v) is 6.21. The highest BCUT2D eigenvalue weighted by Gasteiger charge is 2.20. The number of aromatic carboxylic acids is 1. The van der Waals surface area contributed by atoms with Crippen LogP contribution in [0.1, 0.15) is 42.0 Å². The van der Waals surface area contributed by atoms with E-state index in [9.17, 15) is 4.79 Å². The molecule has 2 rings (SSSR count). The summed E-state index contributed by atoms with van der Waals surface area (Å²) >= 11 is 0. The van der Waals surface area contributed by atoms with Crippen molar-refractivity contribution in [3.8, 4) is 0 Å². The van der Waals surface area contributed by atoms with Crippen LogP contribution in [0.3, 0.4) is 0 Å². The van der Waals surface area contributed by atoms with Gasteiger partial charge in [0.15, 0.2) is 0 Å². The minimum atomic E-state index is -1.05. The van der Waals surface area contributed by atoms with Crippen LogP contribution < -0.4 is 0 Å². The topological polar surface area (TPSA) is 66.8 Å². The molecule has 0 spiro atoms. The summed E-state index contributed by atoms with van der Waals surface area (Å²) in [6, 6.07) is 6.94. The minimum Gasteiger partial charge on any atom is -0.475 e. The van der Waals surface area contributed by atoms with Gasteiger partial charge in [-0.05, 0) is 37.7 Å². The molecule has 0 saturated heterocycles. The van der Waals surface area contributed by atoms with E-state index in [1.54, 1.807) is 12.3 Å². The van der Waals surface area contributed by atoms with Crippen molar-refractivity contribution in [1.29, 1.82) is 0 Å². The number of nitrogens with zero attached hydrogens (tertiary/aromatic N) is 1. The quantitative estimate of drug-likeness (QED) is 0.867. The maximum Gasteiger partial charge on any atom is 0.371 e. The van der Waals surface area contributed by atoms with Crippen molar-refractivity contribution in [2.24, 2.45) is 0 Å². The molecule has 0 aliphatic rings. The third-order valence-electron chi connectivity index (χ3n) is 3.14. The Kier molecular flexibility index (Phi) is 4.06. The van der Waals surface area contributed by atoms with E-state index < -0.39 is 5.97 Å². The molecule has 1 N–H and O–H groups in total. The fourth-order valence-electron chi connectivity index (χ4n) is 2.00. The molecule has 102 valence electrons. The number of rotatable bonds is 6. The Labute approximate surface area is 111 Å². The molecule has 2 heterocycles. The Bertz CT molecular complexity index is 529. The number of hydrogen-bond acceptors (Lipinski definition) is 4. The molecule has 0 aliphatic carbocycles. The Morgan fingerprint density at radius 2 is 2.21 bits per heavy atom. The molecule has 2 aromatic heterocycles. The maximum absolute atomic E-state index is 10.8. The lowest BCUT2D eigenvalue weighted by molar-refractivity contribution is 0.0655. The number of carboxylic acids is 1. The molecule has 0 radical (unpaired) electrons. The zero-order valence-corrected chi connectivity index (χ0v) is 11.0. The van der Waals surface area contributed by atoms with Gasteiger partial charge < -0.3 is 13.9 Å². The zero-order valence-electron chi connectivity index (χ0n) is 11.0. The van der Waals surface area contributed by atoms with Crippen molar-refractivity contribution in [1.82, 2.24) is 4.90 Å². The lowest BCUT2D eigenvalue weighted by Crippen LogP contribution is -2.25. The fraction of sp³-hybridized carbons (Fsp3) is 0.357. The summed E-state index contributed by atoms with van der Waals surface area (Å²) in [6.07, 6.45) is 1.64. The van der Waals surface area contributed by atoms with Crippen LogP contribution in [0.2, 0.25) is 0 Å². The van der Waals surface area contributed by atoms with Gasteiger partial charge in [0, 0.05) is 0 Å². The van der Waals surface area contributed by atoms with E-state index in [2.05, 4.69) is 4.90 Å². The summed E-state index contributed by atoms with van der Waals surface area (Å²) in [5.74, 6) is 0.438. The largest absolute Gasteiger partial charge is 0.475 e. The van der Waals surface area contributed by atoms with Crippen molar-refractivity contribution in [2.75, 3.05) is 6.54 Å². The molecular formula is C14H17NO4. The van der Waals surface area contributed by atoms with E-state index in [4.69, 9.17) is 13.9 Å². The van der Waals surface area contributed by atoms with E-state index in [0.717, 1.165) is 12.3 Å². The van der Waals surface area contributed by atoms with Crippen LogP contribution in [0.25, 0.3) is 0 Å². The van der Waals surface area contributed by atoms with Crippen molar-refractivity contribution < 1.29 is 18.7 Å². The van der Waals surface area contributed by atoms with Crippen molar-refractivity contribution in [2.45, 2.75) is 26.4 Å². The fourth-order valence-corrected chi connectivity index (χ4v) is 2.00. The van der Waals surface area contributed by atoms with Gasteiger partial charge in [0.05, 0.1) is 18.8 Å². The second kappa shape index (κ2) is 5.75. The second-order valence-electron chi connectivity index (χ2n) is 4.33. The molecule has 0 aliphatic heterocycles. The minimum absolute atomic E-state index is 0.0109. The van der Waals surface area contributed by atoms with E-state index in [-0.39, 0.29) is 11.8 Å². The molecule has 2 aromatic rings. The molecule has 0 aromatic carbocycles. The standard InChI is InChI=1S/C14H17NO4/c1-3-15(9-11-5-4-8-18-11)10(2)12-6-7-13(19-12)14(16)17/h4-8,10H,3,9H2,1-2H3,(H,16,17). The lowest BCUT2D eigenvalue weighted by atomic mass is 10.2. The third-order valence-corrected chi connectivity index (χ3v) is 3.14. The van der Waals surface area contributed by atoms with Crippen LogP contribution in [0.5, 0.6) is 0 Å². The summed E-state index contributed by atoms with van der Waals surface area (Å²) < 4.78 is 10.7. The maximum atomic E-state index is 10.8. The predicted molar refractivity (Wildman–Crippen MR) is 68.9 cm³/mol. The Hall–Kier alpha value is -2.01. The highest BCUT2D eigenvalue weighted by molar-refractivity contribution is 5.84. The van der Waals surface area contributed by atoms with Crippen molar-refractivity contribution >= 4 is 5.97 Å². The number of furan rings is 2. The molecule has 5 heteroatoms. The van der Waals surface area contributed by atoms with Crippen LogP contribution >= 0.6 is 0 Å². The zero-order chi connectivity index (χ0) is 13.8. The predicted octanol–water partition coefficient (Wildman–Crippen LogP) is 3.15. The van der Waals surface area contributed by atoms with Gasteiger partial charge in [-0.1, -0.05) is 6.92 Å². The molecule has 19 heavy (non-hydrogen) atoms. The summed E-state index contributed by atoms with van der Waals surface area (Å²) in [5, 5.41) is 8.86. The SMILES string of the molecule is CCN(Cc1ccco1)C(C)c1ccc(C(=O)O)o1. The highest BCUT2D eigenvalue weighted by Crippen LogP contribution is 2.24. The van der Waals surface area contributed by atoms with Gasteiger partial charge in [-0.3, -0.25) is 4.90 Å². The van der Waals surface area contributed by atoms with Crippen LogP contribution in [-0.2, 0) is 6.54 Å². The molecule has 5 nitrogen and oxygen atoms in total. The summed E-state index contributed by atoms with van der Waals surface area (Å²) in [4.78, 5) is 13.0. The molecule has 0 fully saturated rings. The highest BCUT2D eigenvalue weighted by atomic mass is 16.4. The average Bonchev–Trinajstić information content (AvgIpc) is 3.06. The monoisotopic (exact) mass is 263 g/mol. The van der Waals surface area contributed by atoms with E-state index >= 15 is 0 Å². The molecule has 0 bridgehead atoms. The smallest absolute Gasteiger partial charge is 0.371 e. The van der Waals surface area contributed by atoms with Gasteiger partial charge >= 0.3 is 5.97 Å². The molecular weight excluding hydrogens is 246 g/mol. The van der Waals surface area contributed by atoms with E-state index in [0.29, 0.717) is 12.3 Å². The van der Waals surface area contributed by atoms with Gasteiger partial charge in [0.2, 0.25) is 5.76 Å². The first-order chi connectivity index (χ1) is 9.11. The second-order valence-corrected chi connectivity index (χ2v) is 4.33. The average molecular weight is 263 g/mol. The Balaban J connectivity index is 2.10. The van der Waals surface area contributed by atoms with Crippen molar-refractivity contribution in [3.05, 3.63) is 47.8 Å². The van der Waals surface area contributed by atoms with Gasteiger partial charge in [-0.25, -0.2) is 4.79 Å². The molecule has 0 saturated carbocycles. The van der Waals surface area contributed by atoms with Gasteiger partial charge in [0.1, 0.15) is 11.5 Å². The van der Waals surface area contributed by atoms with Gasteiger partial charge in [-0.2, -0.15) is 0 Å². The molecule has 0 amide bonds. The first kappa shape index (κ1) is 13.4. The summed E-state index contributed by atoms with van der Waals surface area (Å²) in [6.45, 7) is 5.50. The van der Waals surface area contributed by atoms with Gasteiger partial charge in [-0.15, -0.1) is 0 Å². The van der Waals surface area contributed by atoms with Crippen LogP contribution in [-0.4, -0.2) is 22.5 Å². The number of carboxylic acid groups (broad SMARTS) is 1. The number of carbonyl (C=O) groups is 1. The summed E-state index contributed by atoms with van der Waals surface area (Å²) in [7, 11) is 0. The van der Waals surface area contributed by atoms with Crippen LogP contribution in [0.15, 0.2) is 39.4 Å². The normalized spacial score (nSPS) is 12.8. The first-order valence-electron chi connectivity index (χ1n) is 6.21. The van der Waals surface area contributed by atoms with E-state index in [1.165, 1.54) is 6.07 Å². The summed E-state index contributed by atoms with van der Waals surface area (Å²) in [5.41, 5.74) is 0. The Morgan fingerprint density at radius 1 is 1.42 bits per heavy atom. The lowest BCUT2D eigenvalue weighted by Gasteiger charge is -2.25. The van der Waals surface area contributed by atoms with Gasteiger partial charge in [0.25, 0.3) is 0 Å².